The van der Waals surface area contributed by atoms with Crippen molar-refractivity contribution in [1.82, 2.24) is 14.7 Å². The Balaban J connectivity index is 0.00000289. The molecule has 0 radical (unpaired) electrons. The zero-order valence-electron chi connectivity index (χ0n) is 11.4. The fourth-order valence-corrected chi connectivity index (χ4v) is 1.68. The lowest BCUT2D eigenvalue weighted by molar-refractivity contribution is 0.438. The van der Waals surface area contributed by atoms with Crippen molar-refractivity contribution in [2.24, 2.45) is 16.6 Å². The number of aliphatic imine (C=N–C) groups is 1. The number of hydrogen-bond donors (Lipinski definition) is 1. The Labute approximate surface area is 126 Å². The summed E-state index contributed by atoms with van der Waals surface area (Å²) in [4.78, 5) is 6.48. The van der Waals surface area contributed by atoms with Crippen LogP contribution in [0.4, 0.5) is 0 Å². The molecular formula is C12H24IN5. The Morgan fingerprint density at radius 2 is 2.11 bits per heavy atom. The second-order valence-electron chi connectivity index (χ2n) is 4.20. The summed E-state index contributed by atoms with van der Waals surface area (Å²) in [6.07, 6.45) is 3.76. The van der Waals surface area contributed by atoms with Gasteiger partial charge in [-0.25, -0.2) is 0 Å². The van der Waals surface area contributed by atoms with Crippen molar-refractivity contribution < 1.29 is 0 Å². The predicted molar refractivity (Wildman–Crippen MR) is 86.2 cm³/mol. The van der Waals surface area contributed by atoms with E-state index in [4.69, 9.17) is 5.73 Å². The van der Waals surface area contributed by atoms with Crippen molar-refractivity contribution in [3.63, 3.8) is 0 Å². The maximum absolute atomic E-state index is 5.91. The van der Waals surface area contributed by atoms with Gasteiger partial charge in [-0.15, -0.1) is 24.0 Å². The number of guanidine groups is 1. The minimum Gasteiger partial charge on any atom is -0.370 e. The Bertz CT molecular complexity index is 332. The molecule has 5 nitrogen and oxygen atoms in total. The monoisotopic (exact) mass is 365 g/mol. The fraction of sp³-hybridized carbons (Fsp3) is 0.667. The van der Waals surface area contributed by atoms with E-state index in [9.17, 15) is 0 Å². The first kappa shape index (κ1) is 17.2. The second kappa shape index (κ2) is 9.18. The molecule has 0 amide bonds. The van der Waals surface area contributed by atoms with Crippen LogP contribution in [0.15, 0.2) is 23.5 Å². The van der Waals surface area contributed by atoms with Crippen LogP contribution in [0.3, 0.4) is 0 Å². The van der Waals surface area contributed by atoms with Crippen molar-refractivity contribution in [1.29, 1.82) is 0 Å². The molecule has 1 rings (SSSR count). The van der Waals surface area contributed by atoms with E-state index in [1.165, 1.54) is 0 Å². The smallest absolute Gasteiger partial charge is 0.191 e. The van der Waals surface area contributed by atoms with Crippen LogP contribution >= 0.6 is 24.0 Å². The molecule has 0 aliphatic carbocycles. The van der Waals surface area contributed by atoms with E-state index < -0.39 is 0 Å². The second-order valence-corrected chi connectivity index (χ2v) is 4.20. The summed E-state index contributed by atoms with van der Waals surface area (Å²) in [6, 6.07) is 1.93. The van der Waals surface area contributed by atoms with Gasteiger partial charge < -0.3 is 10.6 Å². The normalized spacial score (nSPS) is 12.9. The van der Waals surface area contributed by atoms with Crippen molar-refractivity contribution >= 4 is 29.9 Å². The number of rotatable bonds is 6. The molecule has 0 bridgehead atoms. The third kappa shape index (κ3) is 5.70. The first-order valence-corrected chi connectivity index (χ1v) is 6.19. The van der Waals surface area contributed by atoms with Gasteiger partial charge >= 0.3 is 0 Å². The molecule has 104 valence electrons. The van der Waals surface area contributed by atoms with Crippen molar-refractivity contribution in [3.05, 3.63) is 18.5 Å². The molecule has 0 spiro atoms. The lowest BCUT2D eigenvalue weighted by Crippen LogP contribution is -2.37. The van der Waals surface area contributed by atoms with Gasteiger partial charge in [-0.2, -0.15) is 5.10 Å². The van der Waals surface area contributed by atoms with Crippen LogP contribution in [-0.2, 0) is 6.54 Å². The van der Waals surface area contributed by atoms with Gasteiger partial charge in [-0.1, -0.05) is 6.92 Å². The molecule has 1 aromatic heterocycles. The Morgan fingerprint density at radius 1 is 1.44 bits per heavy atom. The standard InChI is InChI=1S/C12H23N5.HI/c1-4-16(5-2)12(13)14-9-11(3)10-17-8-6-7-15-17;/h6-8,11H,4-5,9-10H2,1-3H3,(H2,13,14);1H. The summed E-state index contributed by atoms with van der Waals surface area (Å²) in [5, 5.41) is 4.18. The molecule has 2 N–H and O–H groups in total. The first-order chi connectivity index (χ1) is 8.17. The average Bonchev–Trinajstić information content (AvgIpc) is 2.81. The van der Waals surface area contributed by atoms with Crippen LogP contribution in [0.25, 0.3) is 0 Å². The SMILES string of the molecule is CCN(CC)C(N)=NCC(C)Cn1cccn1.I. The maximum atomic E-state index is 5.91. The maximum Gasteiger partial charge on any atom is 0.191 e. The van der Waals surface area contributed by atoms with Gasteiger partial charge in [0.2, 0.25) is 0 Å². The molecule has 0 aliphatic heterocycles. The topological polar surface area (TPSA) is 59.4 Å². The highest BCUT2D eigenvalue weighted by Crippen LogP contribution is 2.00. The molecule has 18 heavy (non-hydrogen) atoms. The lowest BCUT2D eigenvalue weighted by atomic mass is 10.2. The highest BCUT2D eigenvalue weighted by molar-refractivity contribution is 14.0. The molecule has 1 heterocycles. The molecule has 1 unspecified atom stereocenters. The number of nitrogens with zero attached hydrogens (tertiary/aromatic N) is 4. The zero-order valence-corrected chi connectivity index (χ0v) is 13.7. The van der Waals surface area contributed by atoms with E-state index in [1.807, 2.05) is 16.9 Å². The molecule has 1 atom stereocenters. The highest BCUT2D eigenvalue weighted by atomic mass is 127. The van der Waals surface area contributed by atoms with Crippen LogP contribution in [-0.4, -0.2) is 40.3 Å². The summed E-state index contributed by atoms with van der Waals surface area (Å²) in [7, 11) is 0. The number of nitrogens with two attached hydrogens (primary N) is 1. The summed E-state index contributed by atoms with van der Waals surface area (Å²) < 4.78 is 1.92. The first-order valence-electron chi connectivity index (χ1n) is 6.19. The lowest BCUT2D eigenvalue weighted by Gasteiger charge is -2.20. The summed E-state index contributed by atoms with van der Waals surface area (Å²) >= 11 is 0. The van der Waals surface area contributed by atoms with E-state index in [2.05, 4.69) is 35.8 Å². The van der Waals surface area contributed by atoms with Gasteiger partial charge in [0, 0.05) is 38.6 Å². The third-order valence-corrected chi connectivity index (χ3v) is 2.71. The Hall–Kier alpha value is -0.790. The highest BCUT2D eigenvalue weighted by Gasteiger charge is 2.05. The van der Waals surface area contributed by atoms with E-state index >= 15 is 0 Å². The van der Waals surface area contributed by atoms with Crippen molar-refractivity contribution in [2.75, 3.05) is 19.6 Å². The summed E-state index contributed by atoms with van der Waals surface area (Å²) in [6.45, 7) is 9.74. The molecule has 6 heteroatoms. The number of aromatic nitrogens is 2. The predicted octanol–water partition coefficient (Wildman–Crippen LogP) is 1.79. The van der Waals surface area contributed by atoms with Crippen LogP contribution < -0.4 is 5.73 Å². The van der Waals surface area contributed by atoms with Crippen LogP contribution in [0.1, 0.15) is 20.8 Å². The van der Waals surface area contributed by atoms with Crippen LogP contribution in [0.5, 0.6) is 0 Å². The zero-order chi connectivity index (χ0) is 12.7. The van der Waals surface area contributed by atoms with Crippen molar-refractivity contribution in [2.45, 2.75) is 27.3 Å². The molecule has 0 fully saturated rings. The Kier molecular flexibility index (Phi) is 8.78. The van der Waals surface area contributed by atoms with E-state index in [-0.39, 0.29) is 24.0 Å². The summed E-state index contributed by atoms with van der Waals surface area (Å²) in [5.74, 6) is 1.08. The van der Waals surface area contributed by atoms with Crippen LogP contribution in [0.2, 0.25) is 0 Å². The third-order valence-electron chi connectivity index (χ3n) is 2.71. The number of halogens is 1. The minimum atomic E-state index is 0. The fourth-order valence-electron chi connectivity index (χ4n) is 1.68. The van der Waals surface area contributed by atoms with Crippen LogP contribution in [0, 0.1) is 5.92 Å². The van der Waals surface area contributed by atoms with Crippen molar-refractivity contribution in [3.8, 4) is 0 Å². The molecule has 1 aromatic rings. The number of hydrogen-bond acceptors (Lipinski definition) is 2. The largest absolute Gasteiger partial charge is 0.370 e. The molecule has 0 saturated heterocycles. The van der Waals surface area contributed by atoms with E-state index in [0.717, 1.165) is 26.2 Å². The summed E-state index contributed by atoms with van der Waals surface area (Å²) in [5.41, 5.74) is 5.91. The molecule has 0 aliphatic rings. The van der Waals surface area contributed by atoms with Gasteiger partial charge in [0.15, 0.2) is 5.96 Å². The minimum absolute atomic E-state index is 0. The van der Waals surface area contributed by atoms with E-state index in [0.29, 0.717) is 11.9 Å². The molecule has 0 saturated carbocycles. The van der Waals surface area contributed by atoms with Gasteiger partial charge in [0.1, 0.15) is 0 Å². The van der Waals surface area contributed by atoms with E-state index in [1.54, 1.807) is 6.20 Å². The average molecular weight is 365 g/mol. The molecular weight excluding hydrogens is 341 g/mol. The Morgan fingerprint density at radius 3 is 2.61 bits per heavy atom. The van der Waals surface area contributed by atoms with Gasteiger partial charge in [-0.3, -0.25) is 9.67 Å². The quantitative estimate of drug-likeness (QED) is 0.475. The van der Waals surface area contributed by atoms with Gasteiger partial charge in [0.05, 0.1) is 0 Å². The van der Waals surface area contributed by atoms with Gasteiger partial charge in [0.25, 0.3) is 0 Å². The molecule has 0 aromatic carbocycles. The van der Waals surface area contributed by atoms with Gasteiger partial charge in [-0.05, 0) is 25.8 Å².